The predicted molar refractivity (Wildman–Crippen MR) is 113 cm³/mol. The van der Waals surface area contributed by atoms with Crippen molar-refractivity contribution in [1.29, 1.82) is 0 Å². The molecular formula is C21H23ClF7N3O4. The Labute approximate surface area is 206 Å². The molecule has 2 heterocycles. The standard InChI is InChI=1S/C21H23ClF7N3O4/c22-14-2-1-13(16(15(14)23)31-5-3-12(4-6-31)17(33)34)11-30-7-9-32(10-8-30)19(35)36-18(20(24,25)26)21(27,28)29/h1-2,12,18H,3-11H2,(H,33,34). The van der Waals surface area contributed by atoms with E-state index in [1.165, 1.54) is 6.07 Å². The number of alkyl halides is 6. The van der Waals surface area contributed by atoms with E-state index in [1.54, 1.807) is 15.9 Å². The molecule has 0 saturated carbocycles. The lowest BCUT2D eigenvalue weighted by atomic mass is 9.96. The van der Waals surface area contributed by atoms with Crippen LogP contribution < -0.4 is 4.90 Å². The molecule has 36 heavy (non-hydrogen) atoms. The van der Waals surface area contributed by atoms with Crippen LogP contribution in [0.3, 0.4) is 0 Å². The number of carbonyl (C=O) groups is 2. The first-order valence-electron chi connectivity index (χ1n) is 10.9. The Morgan fingerprint density at radius 3 is 2.06 bits per heavy atom. The van der Waals surface area contributed by atoms with Crippen LogP contribution >= 0.6 is 11.6 Å². The number of carboxylic acid groups (broad SMARTS) is 1. The largest absolute Gasteiger partial charge is 0.481 e. The molecule has 0 radical (unpaired) electrons. The first-order valence-corrected chi connectivity index (χ1v) is 11.3. The van der Waals surface area contributed by atoms with Gasteiger partial charge in [-0.3, -0.25) is 9.69 Å². The molecule has 2 saturated heterocycles. The molecule has 0 bridgehead atoms. The molecule has 0 atom stereocenters. The Balaban J connectivity index is 1.64. The average molecular weight is 550 g/mol. The first kappa shape index (κ1) is 28.1. The van der Waals surface area contributed by atoms with E-state index in [1.807, 2.05) is 0 Å². The number of amides is 1. The summed E-state index contributed by atoms with van der Waals surface area (Å²) in [4.78, 5) is 27.4. The Bertz CT molecular complexity index is 946. The van der Waals surface area contributed by atoms with Gasteiger partial charge in [0.05, 0.1) is 16.6 Å². The van der Waals surface area contributed by atoms with Crippen LogP contribution in [0, 0.1) is 11.7 Å². The van der Waals surface area contributed by atoms with Crippen molar-refractivity contribution in [1.82, 2.24) is 9.80 Å². The van der Waals surface area contributed by atoms with E-state index in [2.05, 4.69) is 4.74 Å². The fraction of sp³-hybridized carbons (Fsp3) is 0.619. The summed E-state index contributed by atoms with van der Waals surface area (Å²) in [5.41, 5.74) is 0.738. The molecule has 2 fully saturated rings. The molecular weight excluding hydrogens is 527 g/mol. The highest BCUT2D eigenvalue weighted by Crippen LogP contribution is 2.36. The van der Waals surface area contributed by atoms with Gasteiger partial charge in [0.15, 0.2) is 5.82 Å². The van der Waals surface area contributed by atoms with Gasteiger partial charge in [-0.25, -0.2) is 9.18 Å². The summed E-state index contributed by atoms with van der Waals surface area (Å²) < 4.78 is 94.7. The number of carboxylic acids is 1. The molecule has 0 unspecified atom stereocenters. The summed E-state index contributed by atoms with van der Waals surface area (Å²) in [6.45, 7) is 0.526. The van der Waals surface area contributed by atoms with Crippen LogP contribution in [0.2, 0.25) is 5.02 Å². The van der Waals surface area contributed by atoms with Crippen LogP contribution in [0.25, 0.3) is 0 Å². The number of nitrogens with zero attached hydrogens (tertiary/aromatic N) is 3. The molecule has 3 rings (SSSR count). The smallest absolute Gasteiger partial charge is 0.434 e. The van der Waals surface area contributed by atoms with Gasteiger partial charge in [0, 0.05) is 45.8 Å². The first-order chi connectivity index (χ1) is 16.7. The molecule has 2 aliphatic rings. The van der Waals surface area contributed by atoms with E-state index in [-0.39, 0.29) is 43.4 Å². The van der Waals surface area contributed by atoms with E-state index in [4.69, 9.17) is 11.6 Å². The second kappa shape index (κ2) is 10.9. The molecule has 1 amide bonds. The molecule has 1 N–H and O–H groups in total. The molecule has 15 heteroatoms. The van der Waals surface area contributed by atoms with E-state index < -0.39 is 42.3 Å². The van der Waals surface area contributed by atoms with Gasteiger partial charge < -0.3 is 19.6 Å². The number of ether oxygens (including phenoxy) is 1. The summed E-state index contributed by atoms with van der Waals surface area (Å²) in [6, 6.07) is 2.96. The van der Waals surface area contributed by atoms with Crippen LogP contribution in [0.4, 0.5) is 41.2 Å². The number of hydrogen-bond acceptors (Lipinski definition) is 5. The molecule has 0 aliphatic carbocycles. The minimum absolute atomic E-state index is 0.0859. The Morgan fingerprint density at radius 2 is 1.56 bits per heavy atom. The number of benzene rings is 1. The van der Waals surface area contributed by atoms with Gasteiger partial charge >= 0.3 is 24.4 Å². The lowest BCUT2D eigenvalue weighted by Gasteiger charge is -2.37. The average Bonchev–Trinajstić information content (AvgIpc) is 2.79. The van der Waals surface area contributed by atoms with Gasteiger partial charge in [-0.1, -0.05) is 17.7 Å². The zero-order valence-electron chi connectivity index (χ0n) is 18.7. The molecule has 7 nitrogen and oxygen atoms in total. The summed E-state index contributed by atoms with van der Waals surface area (Å²) >= 11 is 5.96. The zero-order chi connectivity index (χ0) is 26.8. The van der Waals surface area contributed by atoms with E-state index >= 15 is 0 Å². The zero-order valence-corrected chi connectivity index (χ0v) is 19.5. The second-order valence-corrected chi connectivity index (χ2v) is 8.99. The number of piperidine rings is 1. The molecule has 2 aliphatic heterocycles. The molecule has 1 aromatic rings. The van der Waals surface area contributed by atoms with E-state index in [0.29, 0.717) is 31.5 Å². The molecule has 0 spiro atoms. The Morgan fingerprint density at radius 1 is 1.00 bits per heavy atom. The highest BCUT2D eigenvalue weighted by molar-refractivity contribution is 6.31. The number of halogens is 8. The van der Waals surface area contributed by atoms with Crippen molar-refractivity contribution >= 4 is 29.4 Å². The fourth-order valence-electron chi connectivity index (χ4n) is 4.22. The van der Waals surface area contributed by atoms with Crippen molar-refractivity contribution < 1.29 is 50.2 Å². The lowest BCUT2D eigenvalue weighted by molar-refractivity contribution is -0.308. The van der Waals surface area contributed by atoms with Crippen molar-refractivity contribution in [3.63, 3.8) is 0 Å². The number of carbonyl (C=O) groups excluding carboxylic acids is 1. The summed E-state index contributed by atoms with van der Waals surface area (Å²) in [7, 11) is 0. The molecule has 0 aromatic heterocycles. The summed E-state index contributed by atoms with van der Waals surface area (Å²) in [6.07, 6.45) is -16.9. The van der Waals surface area contributed by atoms with Crippen molar-refractivity contribution in [2.45, 2.75) is 37.8 Å². The second-order valence-electron chi connectivity index (χ2n) is 8.58. The SMILES string of the molecule is O=C(O)C1CCN(c2c(CN3CCN(C(=O)OC(C(F)(F)F)C(F)(F)F)CC3)ccc(Cl)c2F)CC1. The van der Waals surface area contributed by atoms with E-state index in [0.717, 1.165) is 4.90 Å². The minimum Gasteiger partial charge on any atom is -0.481 e. The van der Waals surface area contributed by atoms with Gasteiger partial charge in [0.1, 0.15) is 0 Å². The van der Waals surface area contributed by atoms with Gasteiger partial charge in [0.25, 0.3) is 6.10 Å². The predicted octanol–water partition coefficient (Wildman–Crippen LogP) is 4.53. The third kappa shape index (κ3) is 6.64. The monoisotopic (exact) mass is 549 g/mol. The highest BCUT2D eigenvalue weighted by atomic mass is 35.5. The highest BCUT2D eigenvalue weighted by Gasteiger charge is 2.60. The third-order valence-corrected chi connectivity index (χ3v) is 6.44. The van der Waals surface area contributed by atoms with Crippen molar-refractivity contribution in [3.8, 4) is 0 Å². The topological polar surface area (TPSA) is 73.3 Å². The normalized spacial score (nSPS) is 18.6. The number of piperazine rings is 1. The maximum absolute atomic E-state index is 15.0. The van der Waals surface area contributed by atoms with E-state index in [9.17, 15) is 45.4 Å². The minimum atomic E-state index is -5.80. The molecule has 1 aromatic carbocycles. The van der Waals surface area contributed by atoms with Crippen LogP contribution in [-0.2, 0) is 16.1 Å². The van der Waals surface area contributed by atoms with Crippen LogP contribution in [-0.4, -0.2) is 84.7 Å². The third-order valence-electron chi connectivity index (χ3n) is 6.15. The van der Waals surface area contributed by atoms with Crippen LogP contribution in [0.1, 0.15) is 18.4 Å². The van der Waals surface area contributed by atoms with Crippen molar-refractivity contribution in [2.75, 3.05) is 44.2 Å². The number of hydrogen-bond donors (Lipinski definition) is 1. The molecule has 202 valence electrons. The van der Waals surface area contributed by atoms with Crippen molar-refractivity contribution in [2.24, 2.45) is 5.92 Å². The summed E-state index contributed by atoms with van der Waals surface area (Å²) in [5.74, 6) is -2.13. The fourth-order valence-corrected chi connectivity index (χ4v) is 4.38. The van der Waals surface area contributed by atoms with Crippen LogP contribution in [0.15, 0.2) is 12.1 Å². The summed E-state index contributed by atoms with van der Waals surface area (Å²) in [5, 5.41) is 9.06. The Kier molecular flexibility index (Phi) is 8.48. The quantitative estimate of drug-likeness (QED) is 0.544. The Hall–Kier alpha value is -2.48. The maximum atomic E-state index is 15.0. The number of aliphatic carboxylic acids is 1. The maximum Gasteiger partial charge on any atom is 0.434 e. The van der Waals surface area contributed by atoms with Gasteiger partial charge in [-0.05, 0) is 24.5 Å². The van der Waals surface area contributed by atoms with Gasteiger partial charge in [0.2, 0.25) is 0 Å². The number of anilines is 1. The van der Waals surface area contributed by atoms with Crippen LogP contribution in [0.5, 0.6) is 0 Å². The lowest BCUT2D eigenvalue weighted by Crippen LogP contribution is -2.52. The number of rotatable bonds is 5. The van der Waals surface area contributed by atoms with Gasteiger partial charge in [-0.2, -0.15) is 26.3 Å². The van der Waals surface area contributed by atoms with Crippen molar-refractivity contribution in [3.05, 3.63) is 28.5 Å². The van der Waals surface area contributed by atoms with Gasteiger partial charge in [-0.15, -0.1) is 0 Å².